The number of ether oxygens (including phenoxy) is 1. The predicted molar refractivity (Wildman–Crippen MR) is 68.3 cm³/mol. The van der Waals surface area contributed by atoms with E-state index in [0.29, 0.717) is 6.42 Å². The number of hydrogen-bond acceptors (Lipinski definition) is 4. The average molecular weight is 257 g/mol. The van der Waals surface area contributed by atoms with Gasteiger partial charge < -0.3 is 15.2 Å². The number of rotatable bonds is 4. The minimum atomic E-state index is -0.521. The second-order valence-corrected chi connectivity index (χ2v) is 5.84. The lowest BCUT2D eigenvalue weighted by Crippen LogP contribution is -2.42. The van der Waals surface area contributed by atoms with Gasteiger partial charge in [0.15, 0.2) is 0 Å². The van der Waals surface area contributed by atoms with Crippen LogP contribution in [0.3, 0.4) is 0 Å². The Kier molecular flexibility index (Phi) is 4.96. The highest BCUT2D eigenvalue weighted by Gasteiger charge is 2.19. The molecule has 0 aromatic carbocycles. The number of nitrogens with one attached hydrogen (secondary N) is 1. The van der Waals surface area contributed by atoms with E-state index in [0.717, 1.165) is 4.88 Å². The lowest BCUT2D eigenvalue weighted by atomic mass is 10.2. The topological polar surface area (TPSA) is 58.6 Å². The molecule has 0 bridgehead atoms. The number of aliphatic hydroxyl groups is 1. The van der Waals surface area contributed by atoms with Crippen LogP contribution in [0.1, 0.15) is 25.6 Å². The molecule has 0 aliphatic carbocycles. The van der Waals surface area contributed by atoms with Gasteiger partial charge in [-0.2, -0.15) is 0 Å². The van der Waals surface area contributed by atoms with Crippen LogP contribution in [0.25, 0.3) is 0 Å². The van der Waals surface area contributed by atoms with Crippen molar-refractivity contribution in [3.63, 3.8) is 0 Å². The van der Waals surface area contributed by atoms with E-state index >= 15 is 0 Å². The molecular formula is C12H19NO3S. The number of carbonyl (C=O) groups is 1. The van der Waals surface area contributed by atoms with Crippen molar-refractivity contribution in [1.82, 2.24) is 5.32 Å². The molecule has 0 saturated heterocycles. The fourth-order valence-corrected chi connectivity index (χ4v) is 2.09. The first-order valence-corrected chi connectivity index (χ1v) is 6.41. The van der Waals surface area contributed by atoms with Gasteiger partial charge in [0.2, 0.25) is 0 Å². The molecule has 5 heteroatoms. The van der Waals surface area contributed by atoms with E-state index in [1.54, 1.807) is 32.1 Å². The minimum absolute atomic E-state index is 0.100. The maximum Gasteiger partial charge on any atom is 0.407 e. The van der Waals surface area contributed by atoms with Gasteiger partial charge in [0.25, 0.3) is 0 Å². The fourth-order valence-electron chi connectivity index (χ4n) is 1.31. The van der Waals surface area contributed by atoms with E-state index < -0.39 is 11.7 Å². The molecule has 0 saturated carbocycles. The summed E-state index contributed by atoms with van der Waals surface area (Å²) in [5.74, 6) is 0. The molecule has 1 atom stereocenters. The van der Waals surface area contributed by atoms with E-state index in [1.165, 1.54) is 0 Å². The molecule has 1 rings (SSSR count). The summed E-state index contributed by atoms with van der Waals surface area (Å²) >= 11 is 1.60. The predicted octanol–water partition coefficient (Wildman–Crippen LogP) is 2.18. The summed E-state index contributed by atoms with van der Waals surface area (Å²) in [5, 5.41) is 13.8. The molecular weight excluding hydrogens is 238 g/mol. The van der Waals surface area contributed by atoms with E-state index in [4.69, 9.17) is 4.74 Å². The summed E-state index contributed by atoms with van der Waals surface area (Å²) in [5.41, 5.74) is -0.521. The summed E-state index contributed by atoms with van der Waals surface area (Å²) in [6.07, 6.45) is 0.126. The Labute approximate surface area is 106 Å². The Morgan fingerprint density at radius 1 is 1.59 bits per heavy atom. The SMILES string of the molecule is CC(C)(C)OC(=O)N[C@@H](CO)Cc1cccs1. The highest BCUT2D eigenvalue weighted by molar-refractivity contribution is 7.09. The van der Waals surface area contributed by atoms with Gasteiger partial charge in [-0.05, 0) is 32.2 Å². The average Bonchev–Trinajstić information content (AvgIpc) is 2.66. The Morgan fingerprint density at radius 3 is 2.76 bits per heavy atom. The molecule has 96 valence electrons. The fraction of sp³-hybridized carbons (Fsp3) is 0.583. The number of carbonyl (C=O) groups excluding carboxylic acids is 1. The first-order valence-electron chi connectivity index (χ1n) is 5.53. The second kappa shape index (κ2) is 6.02. The molecule has 2 N–H and O–H groups in total. The zero-order chi connectivity index (χ0) is 12.9. The molecule has 4 nitrogen and oxygen atoms in total. The first kappa shape index (κ1) is 14.0. The van der Waals surface area contributed by atoms with Crippen LogP contribution >= 0.6 is 11.3 Å². The molecule has 1 aromatic heterocycles. The molecule has 1 amide bonds. The zero-order valence-corrected chi connectivity index (χ0v) is 11.2. The Balaban J connectivity index is 2.44. The summed E-state index contributed by atoms with van der Waals surface area (Å²) in [6, 6.07) is 3.62. The Morgan fingerprint density at radius 2 is 2.29 bits per heavy atom. The van der Waals surface area contributed by atoms with E-state index in [1.807, 2.05) is 17.5 Å². The highest BCUT2D eigenvalue weighted by atomic mass is 32.1. The number of amides is 1. The molecule has 0 aliphatic heterocycles. The number of alkyl carbamates (subject to hydrolysis) is 1. The van der Waals surface area contributed by atoms with Crippen LogP contribution in [0.15, 0.2) is 17.5 Å². The van der Waals surface area contributed by atoms with Crippen LogP contribution in [0.2, 0.25) is 0 Å². The van der Waals surface area contributed by atoms with E-state index in [2.05, 4.69) is 5.32 Å². The van der Waals surface area contributed by atoms with Crippen LogP contribution in [0.5, 0.6) is 0 Å². The van der Waals surface area contributed by atoms with Crippen molar-refractivity contribution in [3.05, 3.63) is 22.4 Å². The summed E-state index contributed by atoms with van der Waals surface area (Å²) in [7, 11) is 0. The third-order valence-electron chi connectivity index (χ3n) is 1.97. The number of aliphatic hydroxyl groups excluding tert-OH is 1. The minimum Gasteiger partial charge on any atom is -0.444 e. The van der Waals surface area contributed by atoms with Crippen molar-refractivity contribution in [3.8, 4) is 0 Å². The lowest BCUT2D eigenvalue weighted by molar-refractivity contribution is 0.0483. The lowest BCUT2D eigenvalue weighted by Gasteiger charge is -2.22. The van der Waals surface area contributed by atoms with Gasteiger partial charge in [-0.25, -0.2) is 4.79 Å². The van der Waals surface area contributed by atoms with Crippen LogP contribution in [-0.4, -0.2) is 29.4 Å². The van der Waals surface area contributed by atoms with Crippen molar-refractivity contribution < 1.29 is 14.6 Å². The molecule has 1 aromatic rings. The molecule has 0 spiro atoms. The van der Waals surface area contributed by atoms with Gasteiger partial charge in [-0.15, -0.1) is 11.3 Å². The van der Waals surface area contributed by atoms with Crippen molar-refractivity contribution in [2.45, 2.75) is 38.8 Å². The standard InChI is InChI=1S/C12H19NO3S/c1-12(2,3)16-11(15)13-9(8-14)7-10-5-4-6-17-10/h4-6,9,14H,7-8H2,1-3H3,(H,13,15)/t9-/m1/s1. The molecule has 17 heavy (non-hydrogen) atoms. The van der Waals surface area contributed by atoms with Gasteiger partial charge in [0.1, 0.15) is 5.60 Å². The van der Waals surface area contributed by atoms with E-state index in [9.17, 15) is 9.90 Å². The van der Waals surface area contributed by atoms with Crippen molar-refractivity contribution in [2.75, 3.05) is 6.61 Å². The first-order chi connectivity index (χ1) is 7.90. The monoisotopic (exact) mass is 257 g/mol. The molecule has 0 unspecified atom stereocenters. The Hall–Kier alpha value is -1.07. The third-order valence-corrected chi connectivity index (χ3v) is 2.87. The molecule has 0 radical (unpaired) electrons. The van der Waals surface area contributed by atoms with Crippen LogP contribution in [0, 0.1) is 0 Å². The quantitative estimate of drug-likeness (QED) is 0.869. The van der Waals surface area contributed by atoms with Gasteiger partial charge in [0, 0.05) is 11.3 Å². The van der Waals surface area contributed by atoms with Crippen LogP contribution in [-0.2, 0) is 11.2 Å². The summed E-state index contributed by atoms with van der Waals surface area (Å²) in [6.45, 7) is 5.32. The van der Waals surface area contributed by atoms with Gasteiger partial charge in [0.05, 0.1) is 12.6 Å². The second-order valence-electron chi connectivity index (χ2n) is 4.81. The smallest absolute Gasteiger partial charge is 0.407 e. The third kappa shape index (κ3) is 5.70. The summed E-state index contributed by atoms with van der Waals surface area (Å²) < 4.78 is 5.13. The molecule has 0 fully saturated rings. The van der Waals surface area contributed by atoms with Crippen molar-refractivity contribution in [1.29, 1.82) is 0 Å². The number of hydrogen-bond donors (Lipinski definition) is 2. The Bertz CT molecular complexity index is 343. The maximum absolute atomic E-state index is 11.5. The maximum atomic E-state index is 11.5. The molecule has 0 aliphatic rings. The number of thiophene rings is 1. The highest BCUT2D eigenvalue weighted by Crippen LogP contribution is 2.12. The van der Waals surface area contributed by atoms with Crippen molar-refractivity contribution >= 4 is 17.4 Å². The van der Waals surface area contributed by atoms with Gasteiger partial charge >= 0.3 is 6.09 Å². The normalized spacial score (nSPS) is 13.2. The van der Waals surface area contributed by atoms with Crippen LogP contribution < -0.4 is 5.32 Å². The van der Waals surface area contributed by atoms with E-state index in [-0.39, 0.29) is 12.6 Å². The van der Waals surface area contributed by atoms with Gasteiger partial charge in [-0.3, -0.25) is 0 Å². The summed E-state index contributed by atoms with van der Waals surface area (Å²) in [4.78, 5) is 12.6. The van der Waals surface area contributed by atoms with Crippen LogP contribution in [0.4, 0.5) is 4.79 Å². The zero-order valence-electron chi connectivity index (χ0n) is 10.4. The largest absolute Gasteiger partial charge is 0.444 e. The molecule has 1 heterocycles. The van der Waals surface area contributed by atoms with Crippen molar-refractivity contribution in [2.24, 2.45) is 0 Å². The van der Waals surface area contributed by atoms with Gasteiger partial charge in [-0.1, -0.05) is 6.07 Å².